The molecule has 0 radical (unpaired) electrons. The number of nitroso groups, excluding NO2 is 1. The van der Waals surface area contributed by atoms with E-state index in [1.165, 1.54) is 4.90 Å². The van der Waals surface area contributed by atoms with Gasteiger partial charge in [-0.15, -0.1) is 4.91 Å². The Bertz CT molecular complexity index is 590. The van der Waals surface area contributed by atoms with Crippen molar-refractivity contribution < 1.29 is 19.1 Å². The van der Waals surface area contributed by atoms with Crippen molar-refractivity contribution in [2.45, 2.75) is 25.5 Å². The van der Waals surface area contributed by atoms with E-state index in [2.05, 4.69) is 10.5 Å². The standard InChI is InChI=1S/C15H17N3O5/c19-13(18-8-4-7-12(18)14(20)17-22)9-16-15(21)23-10-11-5-2-1-3-6-11/h1-3,5-6,12H,4,7-10H2,(H,16,21). The normalized spacial score (nSPS) is 16.7. The van der Waals surface area contributed by atoms with E-state index in [4.69, 9.17) is 4.74 Å². The first-order chi connectivity index (χ1) is 11.1. The molecule has 1 N–H and O–H groups in total. The van der Waals surface area contributed by atoms with E-state index in [1.807, 2.05) is 30.3 Å². The van der Waals surface area contributed by atoms with Crippen LogP contribution in [0.15, 0.2) is 35.5 Å². The number of ether oxygens (including phenoxy) is 1. The third kappa shape index (κ3) is 4.60. The lowest BCUT2D eigenvalue weighted by Crippen LogP contribution is -2.45. The lowest BCUT2D eigenvalue weighted by Gasteiger charge is -2.21. The Labute approximate surface area is 132 Å². The Morgan fingerprint density at radius 3 is 2.70 bits per heavy atom. The molecule has 1 unspecified atom stereocenters. The predicted octanol–water partition coefficient (Wildman–Crippen LogP) is 1.20. The van der Waals surface area contributed by atoms with Gasteiger partial charge in [0.1, 0.15) is 19.2 Å². The topological polar surface area (TPSA) is 105 Å². The molecule has 1 aliphatic rings. The van der Waals surface area contributed by atoms with Crippen LogP contribution in [0.1, 0.15) is 18.4 Å². The van der Waals surface area contributed by atoms with Crippen LogP contribution < -0.4 is 5.32 Å². The highest BCUT2D eigenvalue weighted by molar-refractivity contribution is 5.90. The Morgan fingerprint density at radius 1 is 1.26 bits per heavy atom. The summed E-state index contributed by atoms with van der Waals surface area (Å²) in [6.45, 7) is 0.169. The molecule has 1 heterocycles. The maximum Gasteiger partial charge on any atom is 0.407 e. The minimum Gasteiger partial charge on any atom is -0.445 e. The fourth-order valence-corrected chi connectivity index (χ4v) is 2.41. The average molecular weight is 319 g/mol. The molecule has 1 atom stereocenters. The van der Waals surface area contributed by atoms with Gasteiger partial charge >= 0.3 is 12.0 Å². The number of nitrogens with one attached hydrogen (secondary N) is 1. The molecule has 1 aliphatic heterocycles. The zero-order chi connectivity index (χ0) is 16.7. The number of likely N-dealkylation sites (tertiary alicyclic amines) is 1. The van der Waals surface area contributed by atoms with Gasteiger partial charge in [0.05, 0.1) is 0 Å². The molecule has 23 heavy (non-hydrogen) atoms. The summed E-state index contributed by atoms with van der Waals surface area (Å²) in [7, 11) is 0. The first-order valence-electron chi connectivity index (χ1n) is 7.23. The van der Waals surface area contributed by atoms with Crippen molar-refractivity contribution in [3.63, 3.8) is 0 Å². The predicted molar refractivity (Wildman–Crippen MR) is 80.2 cm³/mol. The molecular weight excluding hydrogens is 302 g/mol. The van der Waals surface area contributed by atoms with Crippen LogP contribution in [-0.4, -0.2) is 41.9 Å². The Kier molecular flexibility index (Phi) is 5.79. The van der Waals surface area contributed by atoms with Crippen molar-refractivity contribution in [1.82, 2.24) is 10.2 Å². The fourth-order valence-electron chi connectivity index (χ4n) is 2.41. The largest absolute Gasteiger partial charge is 0.445 e. The van der Waals surface area contributed by atoms with E-state index in [9.17, 15) is 19.3 Å². The number of rotatable bonds is 5. The van der Waals surface area contributed by atoms with Crippen molar-refractivity contribution >= 4 is 17.9 Å². The van der Waals surface area contributed by atoms with Crippen molar-refractivity contribution in [2.75, 3.05) is 13.1 Å². The summed E-state index contributed by atoms with van der Waals surface area (Å²) in [5.41, 5.74) is 0.830. The number of carbonyl (C=O) groups excluding carboxylic acids is 3. The number of amides is 3. The van der Waals surface area contributed by atoms with E-state index >= 15 is 0 Å². The molecule has 1 saturated heterocycles. The molecular formula is C15H17N3O5. The highest BCUT2D eigenvalue weighted by atomic mass is 16.5. The molecule has 0 saturated carbocycles. The van der Waals surface area contributed by atoms with Crippen LogP contribution in [0.3, 0.4) is 0 Å². The zero-order valence-corrected chi connectivity index (χ0v) is 12.4. The van der Waals surface area contributed by atoms with Gasteiger partial charge in [-0.05, 0) is 18.4 Å². The van der Waals surface area contributed by atoms with E-state index in [-0.39, 0.29) is 13.2 Å². The Balaban J connectivity index is 1.76. The van der Waals surface area contributed by atoms with Crippen molar-refractivity contribution in [3.05, 3.63) is 40.8 Å². The summed E-state index contributed by atoms with van der Waals surface area (Å²) >= 11 is 0. The molecule has 1 aromatic carbocycles. The second-order valence-corrected chi connectivity index (χ2v) is 5.09. The van der Waals surface area contributed by atoms with Crippen molar-refractivity contribution in [1.29, 1.82) is 0 Å². The summed E-state index contributed by atoms with van der Waals surface area (Å²) in [4.78, 5) is 46.5. The van der Waals surface area contributed by atoms with E-state index in [0.29, 0.717) is 19.4 Å². The fraction of sp³-hybridized carbons (Fsp3) is 0.400. The van der Waals surface area contributed by atoms with Crippen LogP contribution in [0.4, 0.5) is 4.79 Å². The van der Waals surface area contributed by atoms with Gasteiger partial charge in [-0.3, -0.25) is 9.59 Å². The molecule has 0 spiro atoms. The summed E-state index contributed by atoms with van der Waals surface area (Å²) < 4.78 is 4.98. The highest BCUT2D eigenvalue weighted by Crippen LogP contribution is 2.18. The van der Waals surface area contributed by atoms with Crippen LogP contribution in [0, 0.1) is 4.91 Å². The van der Waals surface area contributed by atoms with E-state index in [0.717, 1.165) is 5.56 Å². The summed E-state index contributed by atoms with van der Waals surface area (Å²) in [6.07, 6.45) is 0.308. The maximum atomic E-state index is 12.0. The maximum absolute atomic E-state index is 12.0. The average Bonchev–Trinajstić information content (AvgIpc) is 3.07. The monoisotopic (exact) mass is 319 g/mol. The molecule has 1 fully saturated rings. The molecule has 0 aromatic heterocycles. The molecule has 0 bridgehead atoms. The summed E-state index contributed by atoms with van der Waals surface area (Å²) in [5.74, 6) is -1.30. The molecule has 8 heteroatoms. The second-order valence-electron chi connectivity index (χ2n) is 5.09. The minimum absolute atomic E-state index is 0.0980. The number of alkyl carbamates (subject to hydrolysis) is 1. The van der Waals surface area contributed by atoms with Gasteiger partial charge < -0.3 is 15.0 Å². The molecule has 3 amide bonds. The van der Waals surface area contributed by atoms with Gasteiger partial charge in [-0.1, -0.05) is 30.3 Å². The van der Waals surface area contributed by atoms with Gasteiger partial charge in [0.25, 0.3) is 0 Å². The lowest BCUT2D eigenvalue weighted by atomic mass is 10.2. The van der Waals surface area contributed by atoms with Crippen molar-refractivity contribution in [3.8, 4) is 0 Å². The van der Waals surface area contributed by atoms with Gasteiger partial charge in [-0.2, -0.15) is 0 Å². The molecule has 2 rings (SSSR count). The minimum atomic E-state index is -0.859. The summed E-state index contributed by atoms with van der Waals surface area (Å²) in [6, 6.07) is 8.31. The zero-order valence-electron chi connectivity index (χ0n) is 12.4. The highest BCUT2D eigenvalue weighted by Gasteiger charge is 2.34. The number of hydrogen-bond donors (Lipinski definition) is 1. The Morgan fingerprint density at radius 2 is 2.00 bits per heavy atom. The van der Waals surface area contributed by atoms with Crippen LogP contribution in [-0.2, 0) is 20.9 Å². The van der Waals surface area contributed by atoms with Crippen LogP contribution in [0.2, 0.25) is 0 Å². The number of hydrogen-bond acceptors (Lipinski definition) is 5. The molecule has 1 aromatic rings. The van der Waals surface area contributed by atoms with Gasteiger partial charge in [-0.25, -0.2) is 4.79 Å². The Hall–Kier alpha value is -2.77. The third-order valence-corrected chi connectivity index (χ3v) is 3.54. The number of benzene rings is 1. The van der Waals surface area contributed by atoms with Crippen LogP contribution in [0.25, 0.3) is 0 Å². The number of carbonyl (C=O) groups is 3. The summed E-state index contributed by atoms with van der Waals surface area (Å²) in [5, 5.41) is 4.70. The lowest BCUT2D eigenvalue weighted by molar-refractivity contribution is -0.136. The first kappa shape index (κ1) is 16.6. The van der Waals surface area contributed by atoms with Gasteiger partial charge in [0.15, 0.2) is 0 Å². The van der Waals surface area contributed by atoms with Gasteiger partial charge in [0, 0.05) is 11.7 Å². The van der Waals surface area contributed by atoms with E-state index in [1.54, 1.807) is 0 Å². The number of nitrogens with zero attached hydrogens (tertiary/aromatic N) is 2. The SMILES string of the molecule is O=NC(=O)C1CCCN1C(=O)CNC(=O)OCc1ccccc1. The second kappa shape index (κ2) is 8.02. The molecule has 0 aliphatic carbocycles. The quantitative estimate of drug-likeness (QED) is 0.821. The molecule has 8 nitrogen and oxygen atoms in total. The molecule has 122 valence electrons. The third-order valence-electron chi connectivity index (χ3n) is 3.54. The smallest absolute Gasteiger partial charge is 0.407 e. The van der Waals surface area contributed by atoms with Crippen molar-refractivity contribution in [2.24, 2.45) is 5.18 Å². The van der Waals surface area contributed by atoms with E-state index < -0.39 is 23.9 Å². The van der Waals surface area contributed by atoms with Gasteiger partial charge in [0.2, 0.25) is 5.91 Å². The van der Waals surface area contributed by atoms with Crippen LogP contribution >= 0.6 is 0 Å². The first-order valence-corrected chi connectivity index (χ1v) is 7.23. The van der Waals surface area contributed by atoms with Crippen LogP contribution in [0.5, 0.6) is 0 Å².